The number of nitrogens with zero attached hydrogens (tertiary/aromatic N) is 2. The zero-order chi connectivity index (χ0) is 25.7. The van der Waals surface area contributed by atoms with Crippen molar-refractivity contribution in [3.8, 4) is 11.6 Å². The molecule has 7 rings (SSSR count). The smallest absolute Gasteiger partial charge is 0.335 e. The number of carbonyl (C=O) groups excluding carboxylic acids is 1. The van der Waals surface area contributed by atoms with Gasteiger partial charge in [0.05, 0.1) is 11.9 Å². The van der Waals surface area contributed by atoms with Crippen molar-refractivity contribution in [1.82, 2.24) is 15.0 Å². The Morgan fingerprint density at radius 3 is 2.19 bits per heavy atom. The Balaban J connectivity index is 1.26. The standard InChI is InChI=1S/C28H27FN4O4/c29-21-5-1-19(2-6-21)24(34)32-30-15-23-25(35)31-27(37)33(26(23)36)22-7-3-20(4-8-22)28-12-16-9-17(13-28)11-18(10-16)14-28/h1-8,15-18,36H,9-14H2,(H,32,34)(H,31,35,37). The number of benzene rings is 2. The molecule has 3 N–H and O–H groups in total. The number of rotatable bonds is 5. The lowest BCUT2D eigenvalue weighted by molar-refractivity contribution is -0.00518. The molecule has 8 nitrogen and oxygen atoms in total. The second-order valence-corrected chi connectivity index (χ2v) is 10.8. The number of H-pyrrole nitrogens is 1. The molecule has 4 fully saturated rings. The summed E-state index contributed by atoms with van der Waals surface area (Å²) in [5, 5.41) is 14.5. The van der Waals surface area contributed by atoms with Crippen molar-refractivity contribution in [2.75, 3.05) is 0 Å². The van der Waals surface area contributed by atoms with Gasteiger partial charge in [-0.05, 0) is 104 Å². The number of aromatic hydroxyl groups is 1. The largest absolute Gasteiger partial charge is 0.493 e. The molecule has 2 aromatic carbocycles. The van der Waals surface area contributed by atoms with Crippen molar-refractivity contribution in [3.05, 3.63) is 91.9 Å². The number of aromatic amines is 1. The van der Waals surface area contributed by atoms with E-state index in [9.17, 15) is 23.9 Å². The quantitative estimate of drug-likeness (QED) is 0.365. The zero-order valence-electron chi connectivity index (χ0n) is 20.1. The maximum atomic E-state index is 13.1. The third-order valence-corrected chi connectivity index (χ3v) is 8.36. The lowest BCUT2D eigenvalue weighted by Gasteiger charge is -2.57. The molecule has 1 aromatic heterocycles. The van der Waals surface area contributed by atoms with E-state index >= 15 is 0 Å². The summed E-state index contributed by atoms with van der Waals surface area (Å²) in [5.41, 5.74) is 2.37. The van der Waals surface area contributed by atoms with Crippen molar-refractivity contribution in [2.24, 2.45) is 22.9 Å². The van der Waals surface area contributed by atoms with Gasteiger partial charge in [-0.15, -0.1) is 0 Å². The van der Waals surface area contributed by atoms with E-state index in [1.165, 1.54) is 56.2 Å². The molecule has 0 unspecified atom stereocenters. The van der Waals surface area contributed by atoms with E-state index in [2.05, 4.69) is 15.5 Å². The van der Waals surface area contributed by atoms with Crippen LogP contribution in [0.4, 0.5) is 4.39 Å². The molecule has 3 aromatic rings. The highest BCUT2D eigenvalue weighted by Crippen LogP contribution is 2.60. The summed E-state index contributed by atoms with van der Waals surface area (Å²) in [6.07, 6.45) is 8.67. The summed E-state index contributed by atoms with van der Waals surface area (Å²) in [5.74, 6) is 0.730. The number of hydrazone groups is 1. The normalized spacial score (nSPS) is 26.0. The van der Waals surface area contributed by atoms with Gasteiger partial charge in [-0.1, -0.05) is 12.1 Å². The van der Waals surface area contributed by atoms with Gasteiger partial charge in [-0.2, -0.15) is 5.10 Å². The molecule has 0 atom stereocenters. The number of halogens is 1. The molecular formula is C28H27FN4O4. The second kappa shape index (κ2) is 8.83. The average molecular weight is 503 g/mol. The van der Waals surface area contributed by atoms with Gasteiger partial charge in [-0.3, -0.25) is 14.6 Å². The fraction of sp³-hybridized carbons (Fsp3) is 0.357. The molecule has 9 heteroatoms. The third-order valence-electron chi connectivity index (χ3n) is 8.36. The number of nitrogens with one attached hydrogen (secondary N) is 2. The van der Waals surface area contributed by atoms with Crippen LogP contribution in [0.3, 0.4) is 0 Å². The maximum Gasteiger partial charge on any atom is 0.335 e. The minimum Gasteiger partial charge on any atom is -0.493 e. The Hall–Kier alpha value is -4.01. The van der Waals surface area contributed by atoms with Crippen molar-refractivity contribution in [3.63, 3.8) is 0 Å². The molecule has 190 valence electrons. The van der Waals surface area contributed by atoms with Crippen molar-refractivity contribution < 1.29 is 14.3 Å². The van der Waals surface area contributed by atoms with Crippen LogP contribution in [-0.4, -0.2) is 26.8 Å². The van der Waals surface area contributed by atoms with Crippen LogP contribution in [0.15, 0.2) is 63.2 Å². The predicted octanol–water partition coefficient (Wildman–Crippen LogP) is 3.60. The molecule has 37 heavy (non-hydrogen) atoms. The van der Waals surface area contributed by atoms with Crippen LogP contribution in [0, 0.1) is 23.6 Å². The van der Waals surface area contributed by atoms with Gasteiger partial charge in [-0.25, -0.2) is 19.2 Å². The molecule has 0 aliphatic heterocycles. The van der Waals surface area contributed by atoms with Gasteiger partial charge in [0.15, 0.2) is 0 Å². The van der Waals surface area contributed by atoms with Crippen LogP contribution < -0.4 is 16.7 Å². The molecule has 4 saturated carbocycles. The summed E-state index contributed by atoms with van der Waals surface area (Å²) in [6.45, 7) is 0. The summed E-state index contributed by atoms with van der Waals surface area (Å²) in [7, 11) is 0. The van der Waals surface area contributed by atoms with E-state index < -0.39 is 28.9 Å². The number of amides is 1. The summed E-state index contributed by atoms with van der Waals surface area (Å²) in [6, 6.07) is 12.5. The minimum absolute atomic E-state index is 0.167. The third kappa shape index (κ3) is 4.18. The molecule has 4 aliphatic carbocycles. The Labute approximate surface area is 211 Å². The zero-order valence-corrected chi connectivity index (χ0v) is 20.1. The van der Waals surface area contributed by atoms with Crippen LogP contribution in [0.5, 0.6) is 5.88 Å². The van der Waals surface area contributed by atoms with Gasteiger partial charge in [0.2, 0.25) is 5.88 Å². The van der Waals surface area contributed by atoms with Crippen LogP contribution in [0.1, 0.15) is 60.0 Å². The van der Waals surface area contributed by atoms with E-state index in [1.54, 1.807) is 12.1 Å². The SMILES string of the molecule is O=C(NN=Cc1c(O)n(-c2ccc(C34CC5CC(CC(C5)C3)C4)cc2)c(=O)[nH]c1=O)c1ccc(F)cc1. The Morgan fingerprint density at radius 2 is 1.59 bits per heavy atom. The van der Waals surface area contributed by atoms with Gasteiger partial charge in [0.1, 0.15) is 11.4 Å². The summed E-state index contributed by atoms with van der Waals surface area (Å²) < 4.78 is 14.1. The molecule has 4 aliphatic rings. The summed E-state index contributed by atoms with van der Waals surface area (Å²) >= 11 is 0. The maximum absolute atomic E-state index is 13.1. The van der Waals surface area contributed by atoms with Crippen molar-refractivity contribution >= 4 is 12.1 Å². The first-order valence-electron chi connectivity index (χ1n) is 12.6. The van der Waals surface area contributed by atoms with Gasteiger partial charge < -0.3 is 5.11 Å². The number of hydrogen-bond acceptors (Lipinski definition) is 5. The Kier molecular flexibility index (Phi) is 5.58. The number of hydrogen-bond donors (Lipinski definition) is 3. The molecule has 1 amide bonds. The van der Waals surface area contributed by atoms with E-state index in [4.69, 9.17) is 0 Å². The topological polar surface area (TPSA) is 117 Å². The number of aromatic nitrogens is 2. The first-order valence-corrected chi connectivity index (χ1v) is 12.6. The van der Waals surface area contributed by atoms with E-state index in [0.29, 0.717) is 5.69 Å². The van der Waals surface area contributed by atoms with Crippen LogP contribution in [0.2, 0.25) is 0 Å². The average Bonchev–Trinajstić information content (AvgIpc) is 2.86. The molecule has 1 heterocycles. The molecule has 0 saturated heterocycles. The van der Waals surface area contributed by atoms with E-state index in [1.807, 2.05) is 12.1 Å². The Morgan fingerprint density at radius 1 is 1.00 bits per heavy atom. The first kappa shape index (κ1) is 23.4. The monoisotopic (exact) mass is 502 g/mol. The van der Waals surface area contributed by atoms with Crippen molar-refractivity contribution in [2.45, 2.75) is 43.9 Å². The van der Waals surface area contributed by atoms with Gasteiger partial charge in [0.25, 0.3) is 11.5 Å². The lowest BCUT2D eigenvalue weighted by atomic mass is 9.48. The van der Waals surface area contributed by atoms with E-state index in [0.717, 1.165) is 40.7 Å². The highest BCUT2D eigenvalue weighted by atomic mass is 19.1. The fourth-order valence-electron chi connectivity index (χ4n) is 7.14. The lowest BCUT2D eigenvalue weighted by Crippen LogP contribution is -2.48. The van der Waals surface area contributed by atoms with Crippen LogP contribution >= 0.6 is 0 Å². The predicted molar refractivity (Wildman–Crippen MR) is 136 cm³/mol. The first-order chi connectivity index (χ1) is 17.8. The minimum atomic E-state index is -0.844. The fourth-order valence-corrected chi connectivity index (χ4v) is 7.14. The Bertz CT molecular complexity index is 1470. The van der Waals surface area contributed by atoms with Gasteiger partial charge >= 0.3 is 5.69 Å². The molecule has 4 bridgehead atoms. The molecule has 0 radical (unpaired) electrons. The second-order valence-electron chi connectivity index (χ2n) is 10.8. The summed E-state index contributed by atoms with van der Waals surface area (Å²) in [4.78, 5) is 39.3. The van der Waals surface area contributed by atoms with Crippen molar-refractivity contribution in [1.29, 1.82) is 0 Å². The van der Waals surface area contributed by atoms with Crippen LogP contribution in [0.25, 0.3) is 5.69 Å². The highest BCUT2D eigenvalue weighted by molar-refractivity contribution is 5.95. The molecular weight excluding hydrogens is 475 g/mol. The van der Waals surface area contributed by atoms with E-state index in [-0.39, 0.29) is 16.5 Å². The highest BCUT2D eigenvalue weighted by Gasteiger charge is 2.51. The van der Waals surface area contributed by atoms with Crippen LogP contribution in [-0.2, 0) is 5.41 Å². The number of carbonyl (C=O) groups is 1. The molecule has 0 spiro atoms. The van der Waals surface area contributed by atoms with Gasteiger partial charge in [0, 0.05) is 5.56 Å².